The molecular formula is C10H21ClO2. The van der Waals surface area contributed by atoms with Crippen LogP contribution in [0.4, 0.5) is 0 Å². The standard InChI is InChI=1S/C10H21ClO2/c1-4-7-10(11,8-12-5-2)9-13-6-3/h4-9H2,1-3H3. The molecule has 0 aliphatic heterocycles. The van der Waals surface area contributed by atoms with Crippen LogP contribution < -0.4 is 0 Å². The fourth-order valence-corrected chi connectivity index (χ4v) is 1.55. The lowest BCUT2D eigenvalue weighted by atomic mass is 10.1. The summed E-state index contributed by atoms with van der Waals surface area (Å²) in [5.74, 6) is 0. The molecule has 3 heteroatoms. The maximum atomic E-state index is 6.35. The number of halogens is 1. The maximum Gasteiger partial charge on any atom is 0.0911 e. The highest BCUT2D eigenvalue weighted by molar-refractivity contribution is 6.24. The van der Waals surface area contributed by atoms with Crippen LogP contribution in [0.1, 0.15) is 33.6 Å². The zero-order valence-electron chi connectivity index (χ0n) is 8.94. The molecule has 80 valence electrons. The molecule has 0 aromatic rings. The molecule has 0 rings (SSSR count). The van der Waals surface area contributed by atoms with E-state index in [1.165, 1.54) is 0 Å². The van der Waals surface area contributed by atoms with Crippen molar-refractivity contribution in [2.45, 2.75) is 38.5 Å². The van der Waals surface area contributed by atoms with Crippen LogP contribution in [-0.4, -0.2) is 31.3 Å². The predicted octanol–water partition coefficient (Wildman–Crippen LogP) is 2.84. The van der Waals surface area contributed by atoms with Gasteiger partial charge in [-0.1, -0.05) is 13.3 Å². The van der Waals surface area contributed by atoms with Crippen LogP contribution in [-0.2, 0) is 9.47 Å². The van der Waals surface area contributed by atoms with E-state index >= 15 is 0 Å². The highest BCUT2D eigenvalue weighted by Gasteiger charge is 2.26. The summed E-state index contributed by atoms with van der Waals surface area (Å²) >= 11 is 6.35. The van der Waals surface area contributed by atoms with Crippen LogP contribution >= 0.6 is 11.6 Å². The number of ether oxygens (including phenoxy) is 2. The summed E-state index contributed by atoms with van der Waals surface area (Å²) in [5, 5.41) is 0. The van der Waals surface area contributed by atoms with Crippen molar-refractivity contribution >= 4 is 11.6 Å². The van der Waals surface area contributed by atoms with E-state index in [2.05, 4.69) is 6.92 Å². The molecule has 0 fully saturated rings. The largest absolute Gasteiger partial charge is 0.380 e. The molecule has 2 nitrogen and oxygen atoms in total. The zero-order chi connectivity index (χ0) is 10.2. The van der Waals surface area contributed by atoms with Crippen LogP contribution in [0.2, 0.25) is 0 Å². The number of hydrogen-bond acceptors (Lipinski definition) is 2. The van der Waals surface area contributed by atoms with Crippen molar-refractivity contribution in [2.24, 2.45) is 0 Å². The second kappa shape index (κ2) is 7.60. The van der Waals surface area contributed by atoms with E-state index < -0.39 is 0 Å². The molecule has 0 spiro atoms. The Bertz CT molecular complexity index is 109. The predicted molar refractivity (Wildman–Crippen MR) is 56.5 cm³/mol. The lowest BCUT2D eigenvalue weighted by molar-refractivity contribution is 0.0575. The van der Waals surface area contributed by atoms with Gasteiger partial charge in [0.15, 0.2) is 0 Å². The molecule has 13 heavy (non-hydrogen) atoms. The normalized spacial score (nSPS) is 12.0. The molecule has 0 saturated heterocycles. The first-order chi connectivity index (χ1) is 6.18. The van der Waals surface area contributed by atoms with Gasteiger partial charge in [0.05, 0.1) is 18.1 Å². The molecule has 0 aliphatic rings. The fraction of sp³-hybridized carbons (Fsp3) is 1.00. The quantitative estimate of drug-likeness (QED) is 0.572. The van der Waals surface area contributed by atoms with Crippen molar-refractivity contribution < 1.29 is 9.47 Å². The second-order valence-electron chi connectivity index (χ2n) is 3.18. The van der Waals surface area contributed by atoms with Crippen LogP contribution in [0.15, 0.2) is 0 Å². The molecule has 0 N–H and O–H groups in total. The minimum absolute atomic E-state index is 0.319. The highest BCUT2D eigenvalue weighted by atomic mass is 35.5. The van der Waals surface area contributed by atoms with E-state index in [1.807, 2.05) is 13.8 Å². The summed E-state index contributed by atoms with van der Waals surface area (Å²) in [6.45, 7) is 8.66. The van der Waals surface area contributed by atoms with Crippen molar-refractivity contribution in [3.8, 4) is 0 Å². The average molecular weight is 209 g/mol. The third-order valence-corrected chi connectivity index (χ3v) is 2.23. The Balaban J connectivity index is 3.84. The highest BCUT2D eigenvalue weighted by Crippen LogP contribution is 2.22. The lowest BCUT2D eigenvalue weighted by Crippen LogP contribution is -2.33. The molecule has 0 heterocycles. The molecule has 0 aliphatic carbocycles. The van der Waals surface area contributed by atoms with E-state index in [1.54, 1.807) is 0 Å². The van der Waals surface area contributed by atoms with E-state index in [-0.39, 0.29) is 4.87 Å². The lowest BCUT2D eigenvalue weighted by Gasteiger charge is -2.25. The molecule has 0 amide bonds. The Labute approximate surface area is 86.6 Å². The Hall–Kier alpha value is 0.210. The summed E-state index contributed by atoms with van der Waals surface area (Å²) < 4.78 is 10.7. The van der Waals surface area contributed by atoms with E-state index in [9.17, 15) is 0 Å². The monoisotopic (exact) mass is 208 g/mol. The van der Waals surface area contributed by atoms with Gasteiger partial charge < -0.3 is 9.47 Å². The van der Waals surface area contributed by atoms with Crippen LogP contribution in [0.5, 0.6) is 0 Å². The van der Waals surface area contributed by atoms with Crippen LogP contribution in [0.3, 0.4) is 0 Å². The molecular weight excluding hydrogens is 188 g/mol. The molecule has 0 saturated carbocycles. The van der Waals surface area contributed by atoms with Gasteiger partial charge >= 0.3 is 0 Å². The Morgan fingerprint density at radius 1 is 1.00 bits per heavy atom. The molecule has 0 radical (unpaired) electrons. The minimum Gasteiger partial charge on any atom is -0.380 e. The van der Waals surface area contributed by atoms with Gasteiger partial charge in [-0.2, -0.15) is 0 Å². The van der Waals surface area contributed by atoms with Gasteiger partial charge in [-0.15, -0.1) is 11.6 Å². The van der Waals surface area contributed by atoms with E-state index in [4.69, 9.17) is 21.1 Å². The smallest absolute Gasteiger partial charge is 0.0911 e. The third kappa shape index (κ3) is 6.30. The first-order valence-electron chi connectivity index (χ1n) is 5.03. The van der Waals surface area contributed by atoms with Gasteiger partial charge in [-0.3, -0.25) is 0 Å². The van der Waals surface area contributed by atoms with Crippen molar-refractivity contribution in [3.63, 3.8) is 0 Å². The van der Waals surface area contributed by atoms with E-state index in [0.717, 1.165) is 12.8 Å². The van der Waals surface area contributed by atoms with Gasteiger partial charge in [0.2, 0.25) is 0 Å². The molecule has 0 aromatic heterocycles. The van der Waals surface area contributed by atoms with E-state index in [0.29, 0.717) is 26.4 Å². The molecule has 0 aromatic carbocycles. The summed E-state index contributed by atoms with van der Waals surface area (Å²) in [7, 11) is 0. The Kier molecular flexibility index (Phi) is 7.72. The number of rotatable bonds is 8. The van der Waals surface area contributed by atoms with Crippen LogP contribution in [0, 0.1) is 0 Å². The summed E-state index contributed by atoms with van der Waals surface area (Å²) in [5.41, 5.74) is 0. The SMILES string of the molecule is CCCC(Cl)(COCC)COCC. The van der Waals surface area contributed by atoms with Gasteiger partial charge in [-0.05, 0) is 20.3 Å². The Morgan fingerprint density at radius 2 is 1.46 bits per heavy atom. The molecule has 0 bridgehead atoms. The first-order valence-corrected chi connectivity index (χ1v) is 5.40. The fourth-order valence-electron chi connectivity index (χ4n) is 1.20. The van der Waals surface area contributed by atoms with Crippen molar-refractivity contribution in [2.75, 3.05) is 26.4 Å². The van der Waals surface area contributed by atoms with Gasteiger partial charge in [0, 0.05) is 13.2 Å². The van der Waals surface area contributed by atoms with Gasteiger partial charge in [-0.25, -0.2) is 0 Å². The van der Waals surface area contributed by atoms with Crippen molar-refractivity contribution in [3.05, 3.63) is 0 Å². The first kappa shape index (κ1) is 13.2. The van der Waals surface area contributed by atoms with Gasteiger partial charge in [0.1, 0.15) is 0 Å². The zero-order valence-corrected chi connectivity index (χ0v) is 9.69. The third-order valence-electron chi connectivity index (χ3n) is 1.83. The van der Waals surface area contributed by atoms with Crippen LogP contribution in [0.25, 0.3) is 0 Å². The second-order valence-corrected chi connectivity index (χ2v) is 3.98. The summed E-state index contributed by atoms with van der Waals surface area (Å²) in [6.07, 6.45) is 2.00. The molecule has 0 atom stereocenters. The summed E-state index contributed by atoms with van der Waals surface area (Å²) in [6, 6.07) is 0. The molecule has 0 unspecified atom stereocenters. The summed E-state index contributed by atoms with van der Waals surface area (Å²) in [4.78, 5) is -0.319. The average Bonchev–Trinajstić information content (AvgIpc) is 2.12. The topological polar surface area (TPSA) is 18.5 Å². The number of alkyl halides is 1. The van der Waals surface area contributed by atoms with Crippen molar-refractivity contribution in [1.29, 1.82) is 0 Å². The minimum atomic E-state index is -0.319. The van der Waals surface area contributed by atoms with Crippen molar-refractivity contribution in [1.82, 2.24) is 0 Å². The number of hydrogen-bond donors (Lipinski definition) is 0. The van der Waals surface area contributed by atoms with Gasteiger partial charge in [0.25, 0.3) is 0 Å². The maximum absolute atomic E-state index is 6.35. The Morgan fingerprint density at radius 3 is 1.77 bits per heavy atom.